The first kappa shape index (κ1) is 15.5. The summed E-state index contributed by atoms with van der Waals surface area (Å²) < 4.78 is 5.15. The molecule has 0 amide bonds. The second-order valence-electron chi connectivity index (χ2n) is 5.88. The van der Waals surface area contributed by atoms with Crippen LogP contribution in [0.4, 0.5) is 0 Å². The Morgan fingerprint density at radius 3 is 2.25 bits per heavy atom. The van der Waals surface area contributed by atoms with Gasteiger partial charge in [0, 0.05) is 25.7 Å². The quantitative estimate of drug-likeness (QED) is 0.868. The second kappa shape index (κ2) is 7.77. The highest BCUT2D eigenvalue weighted by Gasteiger charge is 2.23. The molecule has 1 fully saturated rings. The molecule has 2 rings (SSSR count). The normalized spacial score (nSPS) is 23.2. The van der Waals surface area contributed by atoms with Crippen LogP contribution in [0.5, 0.6) is 0 Å². The van der Waals surface area contributed by atoms with E-state index in [0.717, 1.165) is 13.1 Å². The van der Waals surface area contributed by atoms with Gasteiger partial charge >= 0.3 is 0 Å². The molecule has 0 aliphatic heterocycles. The van der Waals surface area contributed by atoms with Crippen molar-refractivity contribution in [2.75, 3.05) is 13.7 Å². The minimum atomic E-state index is 0.429. The lowest BCUT2D eigenvalue weighted by atomic mass is 9.90. The highest BCUT2D eigenvalue weighted by atomic mass is 16.5. The van der Waals surface area contributed by atoms with Gasteiger partial charge in [-0.2, -0.15) is 0 Å². The third-order valence-corrected chi connectivity index (χ3v) is 4.38. The lowest BCUT2D eigenvalue weighted by molar-refractivity contribution is 0.149. The maximum absolute atomic E-state index is 6.01. The molecule has 0 atom stereocenters. The van der Waals surface area contributed by atoms with Crippen LogP contribution in [0.25, 0.3) is 0 Å². The minimum absolute atomic E-state index is 0.429. The van der Waals surface area contributed by atoms with Gasteiger partial charge in [-0.1, -0.05) is 31.2 Å². The smallest absolute Gasteiger partial charge is 0.0713 e. The molecule has 1 aliphatic rings. The van der Waals surface area contributed by atoms with Crippen LogP contribution in [0.2, 0.25) is 0 Å². The van der Waals surface area contributed by atoms with Crippen LogP contribution in [0.15, 0.2) is 24.3 Å². The van der Waals surface area contributed by atoms with Crippen LogP contribution in [-0.4, -0.2) is 30.6 Å². The molecule has 1 aromatic carbocycles. The largest absolute Gasteiger partial charge is 0.380 e. The average Bonchev–Trinajstić information content (AvgIpc) is 2.48. The third-order valence-electron chi connectivity index (χ3n) is 4.38. The molecular weight excluding hydrogens is 248 g/mol. The number of benzene rings is 1. The van der Waals surface area contributed by atoms with Gasteiger partial charge in [-0.05, 0) is 43.4 Å². The fraction of sp³-hybridized carbons (Fsp3) is 0.647. The number of nitrogens with two attached hydrogens (primary N) is 1. The Labute approximate surface area is 123 Å². The van der Waals surface area contributed by atoms with E-state index < -0.39 is 0 Å². The zero-order chi connectivity index (χ0) is 14.4. The Hall–Kier alpha value is -0.900. The molecule has 1 aromatic rings. The van der Waals surface area contributed by atoms with Crippen molar-refractivity contribution < 1.29 is 4.74 Å². The summed E-state index contributed by atoms with van der Waals surface area (Å²) in [5.74, 6) is 0. The van der Waals surface area contributed by atoms with E-state index in [1.54, 1.807) is 7.11 Å². The second-order valence-corrected chi connectivity index (χ2v) is 5.88. The van der Waals surface area contributed by atoms with E-state index in [9.17, 15) is 0 Å². The van der Waals surface area contributed by atoms with Crippen molar-refractivity contribution in [3.05, 3.63) is 35.4 Å². The summed E-state index contributed by atoms with van der Waals surface area (Å²) in [4.78, 5) is 2.59. The lowest BCUT2D eigenvalue weighted by Gasteiger charge is -2.35. The van der Waals surface area contributed by atoms with Crippen molar-refractivity contribution in [1.82, 2.24) is 4.90 Å². The van der Waals surface area contributed by atoms with Gasteiger partial charge in [0.15, 0.2) is 0 Å². The van der Waals surface area contributed by atoms with Crippen molar-refractivity contribution in [3.63, 3.8) is 0 Å². The summed E-state index contributed by atoms with van der Waals surface area (Å²) in [6, 6.07) is 9.93. The third kappa shape index (κ3) is 4.30. The predicted molar refractivity (Wildman–Crippen MR) is 83.5 cm³/mol. The molecule has 0 aromatic heterocycles. The standard InChI is InChI=1S/C17H28N2O/c1-3-19(17-10-8-16(18)9-11-17)12-14-4-6-15(7-5-14)13-20-2/h4-7,16-17H,3,8-13,18H2,1-2H3. The Kier molecular flexibility index (Phi) is 6.02. The van der Waals surface area contributed by atoms with Crippen LogP contribution in [0, 0.1) is 0 Å². The van der Waals surface area contributed by atoms with Crippen molar-refractivity contribution >= 4 is 0 Å². The van der Waals surface area contributed by atoms with Gasteiger partial charge in [0.05, 0.1) is 6.61 Å². The van der Waals surface area contributed by atoms with E-state index >= 15 is 0 Å². The molecule has 0 radical (unpaired) electrons. The van der Waals surface area contributed by atoms with Crippen molar-refractivity contribution in [2.24, 2.45) is 5.73 Å². The summed E-state index contributed by atoms with van der Waals surface area (Å²) in [6.07, 6.45) is 4.84. The molecule has 3 heteroatoms. The number of hydrogen-bond acceptors (Lipinski definition) is 3. The maximum Gasteiger partial charge on any atom is 0.0713 e. The highest BCUT2D eigenvalue weighted by molar-refractivity contribution is 5.22. The van der Waals surface area contributed by atoms with Crippen LogP contribution < -0.4 is 5.73 Å². The molecule has 20 heavy (non-hydrogen) atoms. The summed E-state index contributed by atoms with van der Waals surface area (Å²) in [5, 5.41) is 0. The zero-order valence-electron chi connectivity index (χ0n) is 12.8. The SMILES string of the molecule is CCN(Cc1ccc(COC)cc1)C1CCC(N)CC1. The molecule has 0 spiro atoms. The molecule has 2 N–H and O–H groups in total. The van der Waals surface area contributed by atoms with Gasteiger partial charge in [0.2, 0.25) is 0 Å². The fourth-order valence-electron chi connectivity index (χ4n) is 3.11. The molecule has 1 saturated carbocycles. The van der Waals surface area contributed by atoms with Gasteiger partial charge in [-0.25, -0.2) is 0 Å². The molecule has 3 nitrogen and oxygen atoms in total. The zero-order valence-corrected chi connectivity index (χ0v) is 12.8. The number of rotatable bonds is 6. The Bertz CT molecular complexity index is 382. The molecule has 1 aliphatic carbocycles. The monoisotopic (exact) mass is 276 g/mol. The topological polar surface area (TPSA) is 38.5 Å². The van der Waals surface area contributed by atoms with Crippen LogP contribution in [-0.2, 0) is 17.9 Å². The highest BCUT2D eigenvalue weighted by Crippen LogP contribution is 2.23. The first-order valence-electron chi connectivity index (χ1n) is 7.79. The van der Waals surface area contributed by atoms with Crippen LogP contribution >= 0.6 is 0 Å². The Morgan fingerprint density at radius 1 is 1.10 bits per heavy atom. The molecular formula is C17H28N2O. The van der Waals surface area contributed by atoms with E-state index in [-0.39, 0.29) is 0 Å². The van der Waals surface area contributed by atoms with E-state index in [1.807, 2.05) is 0 Å². The summed E-state index contributed by atoms with van der Waals surface area (Å²) in [5.41, 5.74) is 8.64. The summed E-state index contributed by atoms with van der Waals surface area (Å²) in [7, 11) is 1.74. The van der Waals surface area contributed by atoms with Crippen molar-refractivity contribution in [2.45, 2.75) is 57.8 Å². The van der Waals surface area contributed by atoms with Gasteiger partial charge < -0.3 is 10.5 Å². The van der Waals surface area contributed by atoms with Crippen LogP contribution in [0.1, 0.15) is 43.7 Å². The fourth-order valence-corrected chi connectivity index (χ4v) is 3.11. The maximum atomic E-state index is 6.01. The van der Waals surface area contributed by atoms with Crippen molar-refractivity contribution in [1.29, 1.82) is 0 Å². The number of methoxy groups -OCH3 is 1. The summed E-state index contributed by atoms with van der Waals surface area (Å²) in [6.45, 7) is 5.11. The first-order valence-corrected chi connectivity index (χ1v) is 7.79. The summed E-state index contributed by atoms with van der Waals surface area (Å²) >= 11 is 0. The van der Waals surface area contributed by atoms with Crippen molar-refractivity contribution in [3.8, 4) is 0 Å². The molecule has 112 valence electrons. The van der Waals surface area contributed by atoms with Gasteiger partial charge in [0.1, 0.15) is 0 Å². The van der Waals surface area contributed by atoms with Gasteiger partial charge in [-0.15, -0.1) is 0 Å². The van der Waals surface area contributed by atoms with Gasteiger partial charge in [0.25, 0.3) is 0 Å². The Morgan fingerprint density at radius 2 is 1.70 bits per heavy atom. The first-order chi connectivity index (χ1) is 9.72. The Balaban J connectivity index is 1.92. The lowest BCUT2D eigenvalue weighted by Crippen LogP contribution is -2.40. The molecule has 0 unspecified atom stereocenters. The number of ether oxygens (including phenoxy) is 1. The average molecular weight is 276 g/mol. The number of hydrogen-bond donors (Lipinski definition) is 1. The predicted octanol–water partition coefficient (Wildman–Crippen LogP) is 2.92. The number of nitrogens with zero attached hydrogens (tertiary/aromatic N) is 1. The molecule has 0 heterocycles. The van der Waals surface area contributed by atoms with E-state index in [0.29, 0.717) is 18.7 Å². The van der Waals surface area contributed by atoms with E-state index in [4.69, 9.17) is 10.5 Å². The minimum Gasteiger partial charge on any atom is -0.380 e. The van der Waals surface area contributed by atoms with E-state index in [1.165, 1.54) is 36.8 Å². The molecule has 0 saturated heterocycles. The molecule has 0 bridgehead atoms. The van der Waals surface area contributed by atoms with E-state index in [2.05, 4.69) is 36.1 Å². The van der Waals surface area contributed by atoms with Gasteiger partial charge in [-0.3, -0.25) is 4.90 Å². The van der Waals surface area contributed by atoms with Crippen LogP contribution in [0.3, 0.4) is 0 Å².